The number of rotatable bonds is 9. The third-order valence-corrected chi connectivity index (χ3v) is 17.3. The third-order valence-electron chi connectivity index (χ3n) is 17.3. The van der Waals surface area contributed by atoms with Gasteiger partial charge < -0.3 is 18.3 Å². The number of nitrogens with zero attached hydrogens (tertiary/aromatic N) is 12. The third kappa shape index (κ3) is 6.93. The maximum atomic E-state index is 5.84. The van der Waals surface area contributed by atoms with Crippen molar-refractivity contribution in [1.29, 1.82) is 0 Å². The summed E-state index contributed by atoms with van der Waals surface area (Å²) in [6, 6.07) is 73.0. The molecule has 12 heteroatoms. The fourth-order valence-corrected chi connectivity index (χ4v) is 13.8. The minimum absolute atomic E-state index is 0.482. The molecule has 18 rings (SSSR count). The van der Waals surface area contributed by atoms with Crippen LogP contribution in [-0.4, -0.2) is 57.7 Å². The normalized spacial score (nSPS) is 12.1. The largest absolute Gasteiger partial charge is 0.339 e. The van der Waals surface area contributed by atoms with Crippen molar-refractivity contribution in [3.05, 3.63) is 261 Å². The van der Waals surface area contributed by atoms with Gasteiger partial charge in [0.1, 0.15) is 0 Å². The molecule has 18 aromatic rings. The van der Waals surface area contributed by atoms with Gasteiger partial charge in [0.15, 0.2) is 11.6 Å². The molecular weight excluding hydrogens is 1040 g/mol. The lowest BCUT2D eigenvalue weighted by Crippen LogP contribution is -2.16. The fourth-order valence-electron chi connectivity index (χ4n) is 13.8. The molecule has 12 nitrogen and oxygen atoms in total. The molecule has 0 saturated carbocycles. The molecule has 0 atom stereocenters. The molecule has 8 aromatic carbocycles. The zero-order valence-electron chi connectivity index (χ0n) is 45.5. The van der Waals surface area contributed by atoms with Gasteiger partial charge in [0.05, 0.1) is 91.5 Å². The fraction of sp³-hybridized carbons (Fsp3) is 0.0274. The summed E-state index contributed by atoms with van der Waals surface area (Å²) in [5, 5.41) is 11.1. The van der Waals surface area contributed by atoms with Crippen LogP contribution in [0.4, 0.5) is 0 Å². The predicted octanol–water partition coefficient (Wildman–Crippen LogP) is 16.5. The molecule has 0 aliphatic rings. The van der Waals surface area contributed by atoms with Crippen LogP contribution >= 0.6 is 0 Å². The van der Waals surface area contributed by atoms with E-state index in [4.69, 9.17) is 34.9 Å². The highest BCUT2D eigenvalue weighted by Crippen LogP contribution is 2.47. The minimum atomic E-state index is 0.482. The molecule has 10 heterocycles. The molecule has 10 aromatic heterocycles. The highest BCUT2D eigenvalue weighted by molar-refractivity contribution is 6.14. The van der Waals surface area contributed by atoms with Crippen molar-refractivity contribution in [3.63, 3.8) is 0 Å². The number of hydrogen-bond acceptors (Lipinski definition) is 7. The standard InChI is InChI=1S/C73H46N12/c1-2-16-45(17-3-1)71-78-72(80-73(79-71)85-62-28-14-8-19-47(62)48-20-9-15-29-63(48)85)57-40-64(82-59-25-11-5-21-49(59)53-31-36-75-42-66(53)82)56(34-39-81-58-24-10-4-18-46(58)52-30-35-74-41-65(52)81)69(83-60-26-12-6-22-50(60)54-32-37-76-43-67(54)83)70(57)84-61-27-13-7-23-51(61)55-33-38-77-44-68(55)84/h1-33,35-38,40-44H,34,39H2. The van der Waals surface area contributed by atoms with Gasteiger partial charge in [0.2, 0.25) is 5.95 Å². The Morgan fingerprint density at radius 1 is 0.294 bits per heavy atom. The van der Waals surface area contributed by atoms with E-state index in [0.717, 1.165) is 137 Å². The van der Waals surface area contributed by atoms with Gasteiger partial charge in [0, 0.05) is 107 Å². The van der Waals surface area contributed by atoms with Crippen molar-refractivity contribution in [2.75, 3.05) is 0 Å². The summed E-state index contributed by atoms with van der Waals surface area (Å²) < 4.78 is 11.9. The van der Waals surface area contributed by atoms with Gasteiger partial charge in [-0.25, -0.2) is 4.98 Å². The molecule has 398 valence electrons. The van der Waals surface area contributed by atoms with Gasteiger partial charge in [-0.05, 0) is 73.2 Å². The average Bonchev–Trinajstić information content (AvgIpc) is 2.50. The van der Waals surface area contributed by atoms with Crippen molar-refractivity contribution < 1.29 is 0 Å². The maximum Gasteiger partial charge on any atom is 0.238 e. The van der Waals surface area contributed by atoms with Crippen molar-refractivity contribution in [3.8, 4) is 45.8 Å². The number of benzene rings is 8. The minimum Gasteiger partial charge on any atom is -0.339 e. The molecular formula is C73H46N12. The van der Waals surface area contributed by atoms with E-state index in [1.807, 2.05) is 67.8 Å². The quantitative estimate of drug-likeness (QED) is 0.141. The lowest BCUT2D eigenvalue weighted by molar-refractivity contribution is 0.737. The van der Waals surface area contributed by atoms with Crippen molar-refractivity contribution in [1.82, 2.24) is 57.7 Å². The Morgan fingerprint density at radius 3 is 1.19 bits per heavy atom. The number of fused-ring (bicyclic) bond motifs is 15. The number of para-hydroxylation sites is 6. The molecule has 0 bridgehead atoms. The average molecular weight is 1090 g/mol. The van der Waals surface area contributed by atoms with Crippen LogP contribution in [0.1, 0.15) is 5.56 Å². The highest BCUT2D eigenvalue weighted by atomic mass is 15.2. The molecule has 0 aliphatic carbocycles. The molecule has 85 heavy (non-hydrogen) atoms. The lowest BCUT2D eigenvalue weighted by atomic mass is 9.97. The van der Waals surface area contributed by atoms with Gasteiger partial charge in [0.25, 0.3) is 0 Å². The van der Waals surface area contributed by atoms with Crippen molar-refractivity contribution >= 4 is 109 Å². The molecule has 0 spiro atoms. The first kappa shape index (κ1) is 47.1. The Bertz CT molecular complexity index is 5500. The van der Waals surface area contributed by atoms with Crippen LogP contribution in [0.2, 0.25) is 0 Å². The van der Waals surface area contributed by atoms with Crippen LogP contribution in [0.25, 0.3) is 155 Å². The maximum absolute atomic E-state index is 5.84. The van der Waals surface area contributed by atoms with E-state index >= 15 is 0 Å². The molecule has 0 fully saturated rings. The Hall–Kier alpha value is -11.6. The summed E-state index contributed by atoms with van der Waals surface area (Å²) in [4.78, 5) is 36.6. The van der Waals surface area contributed by atoms with Crippen LogP contribution in [0, 0.1) is 0 Å². The van der Waals surface area contributed by atoms with Gasteiger partial charge >= 0.3 is 0 Å². The Morgan fingerprint density at radius 2 is 0.671 bits per heavy atom. The second kappa shape index (κ2) is 18.4. The van der Waals surface area contributed by atoms with E-state index in [0.29, 0.717) is 30.6 Å². The van der Waals surface area contributed by atoms with Gasteiger partial charge in [-0.2, -0.15) is 9.97 Å². The first-order chi connectivity index (χ1) is 42.2. The molecule has 0 N–H and O–H groups in total. The summed E-state index contributed by atoms with van der Waals surface area (Å²) in [6.07, 6.45) is 16.2. The van der Waals surface area contributed by atoms with Crippen LogP contribution in [0.3, 0.4) is 0 Å². The summed E-state index contributed by atoms with van der Waals surface area (Å²) in [7, 11) is 0. The number of pyridine rings is 4. The Balaban J connectivity index is 1.08. The van der Waals surface area contributed by atoms with Crippen LogP contribution in [0.5, 0.6) is 0 Å². The first-order valence-corrected chi connectivity index (χ1v) is 28.6. The molecule has 0 amide bonds. The lowest BCUT2D eigenvalue weighted by Gasteiger charge is -2.27. The Labute approximate surface area is 484 Å². The highest BCUT2D eigenvalue weighted by Gasteiger charge is 2.32. The van der Waals surface area contributed by atoms with E-state index in [1.54, 1.807) is 0 Å². The molecule has 0 unspecified atom stereocenters. The van der Waals surface area contributed by atoms with E-state index in [-0.39, 0.29) is 0 Å². The zero-order chi connectivity index (χ0) is 55.7. The number of hydrogen-bond donors (Lipinski definition) is 0. The van der Waals surface area contributed by atoms with Crippen molar-refractivity contribution in [2.24, 2.45) is 0 Å². The molecule has 0 aliphatic heterocycles. The second-order valence-electron chi connectivity index (χ2n) is 21.7. The summed E-state index contributed by atoms with van der Waals surface area (Å²) in [5.74, 6) is 1.51. The molecule has 0 saturated heterocycles. The number of aryl methyl sites for hydroxylation is 1. The van der Waals surface area contributed by atoms with E-state index < -0.39 is 0 Å². The van der Waals surface area contributed by atoms with Crippen LogP contribution in [-0.2, 0) is 13.0 Å². The van der Waals surface area contributed by atoms with E-state index in [9.17, 15) is 0 Å². The zero-order valence-corrected chi connectivity index (χ0v) is 45.5. The molecule has 0 radical (unpaired) electrons. The summed E-state index contributed by atoms with van der Waals surface area (Å²) in [5.41, 5.74) is 15.5. The van der Waals surface area contributed by atoms with Crippen molar-refractivity contribution in [2.45, 2.75) is 13.0 Å². The van der Waals surface area contributed by atoms with Crippen LogP contribution < -0.4 is 0 Å². The SMILES string of the molecule is c1ccc(-c2nc(-c3cc(-n4c5ccccc5c5ccncc54)c(CCn4c5ccccc5c5ccncc54)c(-n4c5ccccc5c5ccncc54)c3-n3c4ccccc4c4ccncc43)nc(-n3c4ccccc4c4ccccc43)n2)cc1. The van der Waals surface area contributed by atoms with E-state index in [2.05, 4.69) is 211 Å². The second-order valence-corrected chi connectivity index (χ2v) is 21.7. The van der Waals surface area contributed by atoms with Gasteiger partial charge in [-0.1, -0.05) is 140 Å². The number of aromatic nitrogens is 12. The summed E-state index contributed by atoms with van der Waals surface area (Å²) >= 11 is 0. The van der Waals surface area contributed by atoms with Crippen LogP contribution in [0.15, 0.2) is 256 Å². The van der Waals surface area contributed by atoms with Gasteiger partial charge in [-0.15, -0.1) is 0 Å². The first-order valence-electron chi connectivity index (χ1n) is 28.6. The Kier molecular flexibility index (Phi) is 10.2. The van der Waals surface area contributed by atoms with Gasteiger partial charge in [-0.3, -0.25) is 24.5 Å². The topological polar surface area (TPSA) is 115 Å². The summed E-state index contributed by atoms with van der Waals surface area (Å²) in [6.45, 7) is 0.593. The smallest absolute Gasteiger partial charge is 0.238 e. The van der Waals surface area contributed by atoms with E-state index in [1.165, 1.54) is 5.39 Å². The predicted molar refractivity (Wildman–Crippen MR) is 342 cm³/mol. The monoisotopic (exact) mass is 1090 g/mol.